The summed E-state index contributed by atoms with van der Waals surface area (Å²) in [6.45, 7) is 1.86. The summed E-state index contributed by atoms with van der Waals surface area (Å²) in [5.41, 5.74) is 0.810. The average Bonchev–Trinajstić information content (AvgIpc) is 2.77. The third kappa shape index (κ3) is 6.11. The van der Waals surface area contributed by atoms with Crippen molar-refractivity contribution in [3.8, 4) is 0 Å². The van der Waals surface area contributed by atoms with Crippen LogP contribution in [-0.4, -0.2) is 68.7 Å². The van der Waals surface area contributed by atoms with Crippen LogP contribution in [-0.2, 0) is 21.4 Å². The summed E-state index contributed by atoms with van der Waals surface area (Å²) in [7, 11) is 0.0154. The number of piperidine rings is 1. The molecule has 1 heterocycles. The molecule has 6 nitrogen and oxygen atoms in total. The highest BCUT2D eigenvalue weighted by molar-refractivity contribution is 7.89. The Labute approximate surface area is 188 Å². The third-order valence-corrected chi connectivity index (χ3v) is 7.48. The van der Waals surface area contributed by atoms with Crippen LogP contribution in [0.4, 0.5) is 8.78 Å². The molecule has 1 saturated heterocycles. The molecule has 0 aromatic heterocycles. The van der Waals surface area contributed by atoms with Crippen molar-refractivity contribution < 1.29 is 22.0 Å². The van der Waals surface area contributed by atoms with E-state index in [2.05, 4.69) is 0 Å². The van der Waals surface area contributed by atoms with Crippen molar-refractivity contribution in [3.05, 3.63) is 65.7 Å². The molecule has 0 spiro atoms. The van der Waals surface area contributed by atoms with Gasteiger partial charge in [-0.3, -0.25) is 4.79 Å². The molecular formula is C23H29F2N3O3S. The van der Waals surface area contributed by atoms with Gasteiger partial charge in [0, 0.05) is 32.7 Å². The number of amides is 1. The molecule has 2 aromatic carbocycles. The first-order chi connectivity index (χ1) is 15.2. The lowest BCUT2D eigenvalue weighted by molar-refractivity contribution is -0.137. The Morgan fingerprint density at radius 2 is 1.59 bits per heavy atom. The minimum absolute atomic E-state index is 0.0165. The van der Waals surface area contributed by atoms with Gasteiger partial charge >= 0.3 is 0 Å². The molecule has 0 N–H and O–H groups in total. The first-order valence-corrected chi connectivity index (χ1v) is 12.0. The summed E-state index contributed by atoms with van der Waals surface area (Å²) >= 11 is 0. The van der Waals surface area contributed by atoms with Gasteiger partial charge in [0.2, 0.25) is 15.9 Å². The van der Waals surface area contributed by atoms with E-state index in [1.807, 2.05) is 19.0 Å². The lowest BCUT2D eigenvalue weighted by Crippen LogP contribution is -2.47. The van der Waals surface area contributed by atoms with Crippen molar-refractivity contribution in [2.24, 2.45) is 5.92 Å². The molecular weight excluding hydrogens is 436 g/mol. The Kier molecular flexibility index (Phi) is 7.97. The smallest absolute Gasteiger partial charge is 0.243 e. The van der Waals surface area contributed by atoms with E-state index in [-0.39, 0.29) is 23.2 Å². The lowest BCUT2D eigenvalue weighted by Gasteiger charge is -2.35. The van der Waals surface area contributed by atoms with E-state index in [1.54, 1.807) is 17.0 Å². The van der Waals surface area contributed by atoms with Crippen LogP contribution in [0, 0.1) is 17.6 Å². The number of hydrogen-bond donors (Lipinski definition) is 0. The maximum atomic E-state index is 13.4. The zero-order valence-electron chi connectivity index (χ0n) is 18.4. The molecule has 1 fully saturated rings. The Bertz CT molecular complexity index is 1010. The van der Waals surface area contributed by atoms with Crippen LogP contribution >= 0.6 is 0 Å². The molecule has 1 aliphatic heterocycles. The van der Waals surface area contributed by atoms with Gasteiger partial charge in [-0.05, 0) is 68.9 Å². The van der Waals surface area contributed by atoms with Gasteiger partial charge in [-0.25, -0.2) is 17.2 Å². The molecule has 2 aromatic rings. The van der Waals surface area contributed by atoms with E-state index in [1.165, 1.54) is 28.6 Å². The molecule has 0 bridgehead atoms. The highest BCUT2D eigenvalue weighted by Crippen LogP contribution is 2.26. The van der Waals surface area contributed by atoms with Crippen molar-refractivity contribution in [1.29, 1.82) is 0 Å². The zero-order valence-corrected chi connectivity index (χ0v) is 19.2. The molecule has 1 aliphatic rings. The number of carbonyl (C=O) groups is 1. The summed E-state index contributed by atoms with van der Waals surface area (Å²) in [6.07, 6.45) is 1.16. The molecule has 0 saturated carbocycles. The molecule has 1 atom stereocenters. The minimum atomic E-state index is -3.81. The van der Waals surface area contributed by atoms with E-state index in [0.29, 0.717) is 39.0 Å². The Morgan fingerprint density at radius 1 is 1.00 bits per heavy atom. The lowest BCUT2D eigenvalue weighted by atomic mass is 9.97. The summed E-state index contributed by atoms with van der Waals surface area (Å²) in [4.78, 5) is 17.1. The number of nitrogens with zero attached hydrogens (tertiary/aromatic N) is 3. The average molecular weight is 466 g/mol. The first-order valence-electron chi connectivity index (χ1n) is 10.6. The molecule has 1 amide bonds. The SMILES string of the molecule is CN(C)CCN(Cc1ccc(F)cc1)C(=O)C1CCCN(S(=O)(=O)c2ccc(F)cc2)C1. The molecule has 32 heavy (non-hydrogen) atoms. The van der Waals surface area contributed by atoms with E-state index in [9.17, 15) is 22.0 Å². The Balaban J connectivity index is 1.76. The number of carbonyl (C=O) groups excluding carboxylic acids is 1. The van der Waals surface area contributed by atoms with Gasteiger partial charge in [-0.15, -0.1) is 0 Å². The molecule has 0 aliphatic carbocycles. The van der Waals surface area contributed by atoms with E-state index < -0.39 is 21.8 Å². The number of halogens is 2. The van der Waals surface area contributed by atoms with Gasteiger partial charge in [0.1, 0.15) is 11.6 Å². The maximum Gasteiger partial charge on any atom is 0.243 e. The van der Waals surface area contributed by atoms with Gasteiger partial charge in [0.05, 0.1) is 10.8 Å². The highest BCUT2D eigenvalue weighted by Gasteiger charge is 2.35. The van der Waals surface area contributed by atoms with Gasteiger partial charge in [0.15, 0.2) is 0 Å². The number of hydrogen-bond acceptors (Lipinski definition) is 4. The van der Waals surface area contributed by atoms with Gasteiger partial charge in [-0.2, -0.15) is 4.31 Å². The van der Waals surface area contributed by atoms with E-state index in [4.69, 9.17) is 0 Å². The fraction of sp³-hybridized carbons (Fsp3) is 0.435. The second-order valence-corrected chi connectivity index (χ2v) is 10.3. The number of rotatable bonds is 8. The summed E-state index contributed by atoms with van der Waals surface area (Å²) < 4.78 is 53.8. The normalized spacial score (nSPS) is 17.5. The molecule has 0 radical (unpaired) electrons. The van der Waals surface area contributed by atoms with Crippen LogP contribution in [0.5, 0.6) is 0 Å². The number of benzene rings is 2. The summed E-state index contributed by atoms with van der Waals surface area (Å²) in [5, 5.41) is 0. The van der Waals surface area contributed by atoms with Crippen molar-refractivity contribution >= 4 is 15.9 Å². The number of sulfonamides is 1. The van der Waals surface area contributed by atoms with Gasteiger partial charge in [-0.1, -0.05) is 12.1 Å². The topological polar surface area (TPSA) is 60.9 Å². The van der Waals surface area contributed by atoms with E-state index in [0.717, 1.165) is 17.7 Å². The summed E-state index contributed by atoms with van der Waals surface area (Å²) in [5.74, 6) is -1.43. The van der Waals surface area contributed by atoms with Crippen LogP contribution in [0.15, 0.2) is 53.4 Å². The van der Waals surface area contributed by atoms with Crippen molar-refractivity contribution in [3.63, 3.8) is 0 Å². The Hall–Kier alpha value is -2.36. The zero-order chi connectivity index (χ0) is 23.3. The molecule has 9 heteroatoms. The van der Waals surface area contributed by atoms with Crippen LogP contribution in [0.25, 0.3) is 0 Å². The van der Waals surface area contributed by atoms with Crippen LogP contribution in [0.3, 0.4) is 0 Å². The Morgan fingerprint density at radius 3 is 2.19 bits per heavy atom. The van der Waals surface area contributed by atoms with Crippen molar-refractivity contribution in [1.82, 2.24) is 14.1 Å². The third-order valence-electron chi connectivity index (χ3n) is 5.60. The second kappa shape index (κ2) is 10.5. The standard InChI is InChI=1S/C23H29F2N3O3S/c1-26(2)14-15-27(16-18-5-7-20(24)8-6-18)23(29)19-4-3-13-28(17-19)32(30,31)22-11-9-21(25)10-12-22/h5-12,19H,3-4,13-17H2,1-2H3. The molecule has 3 rings (SSSR count). The number of likely N-dealkylation sites (N-methyl/N-ethyl adjacent to an activating group) is 1. The monoisotopic (exact) mass is 465 g/mol. The van der Waals surface area contributed by atoms with Crippen LogP contribution < -0.4 is 0 Å². The second-order valence-electron chi connectivity index (χ2n) is 8.35. The fourth-order valence-corrected chi connectivity index (χ4v) is 5.30. The van der Waals surface area contributed by atoms with Gasteiger partial charge in [0.25, 0.3) is 0 Å². The first kappa shape index (κ1) is 24.3. The van der Waals surface area contributed by atoms with Crippen LogP contribution in [0.2, 0.25) is 0 Å². The van der Waals surface area contributed by atoms with Crippen LogP contribution in [0.1, 0.15) is 18.4 Å². The summed E-state index contributed by atoms with van der Waals surface area (Å²) in [6, 6.07) is 10.7. The minimum Gasteiger partial charge on any atom is -0.337 e. The largest absolute Gasteiger partial charge is 0.337 e. The molecule has 174 valence electrons. The maximum absolute atomic E-state index is 13.4. The van der Waals surface area contributed by atoms with Gasteiger partial charge < -0.3 is 9.80 Å². The van der Waals surface area contributed by atoms with Crippen molar-refractivity contribution in [2.75, 3.05) is 40.3 Å². The fourth-order valence-electron chi connectivity index (χ4n) is 3.77. The predicted octanol–water partition coefficient (Wildman–Crippen LogP) is 2.96. The molecule has 1 unspecified atom stereocenters. The highest BCUT2D eigenvalue weighted by atomic mass is 32.2. The predicted molar refractivity (Wildman–Crippen MR) is 118 cm³/mol. The van der Waals surface area contributed by atoms with E-state index >= 15 is 0 Å². The quantitative estimate of drug-likeness (QED) is 0.602. The van der Waals surface area contributed by atoms with Crippen molar-refractivity contribution in [2.45, 2.75) is 24.3 Å².